The Balaban J connectivity index is 3.61. The summed E-state index contributed by atoms with van der Waals surface area (Å²) < 4.78 is 21.8. The molecule has 0 aromatic heterocycles. The molecule has 0 N–H and O–H groups in total. The summed E-state index contributed by atoms with van der Waals surface area (Å²) in [6.07, 6.45) is 0. The zero-order valence-electron chi connectivity index (χ0n) is 5.26. The summed E-state index contributed by atoms with van der Waals surface area (Å²) in [5.74, 6) is 0.593. The van der Waals surface area contributed by atoms with Crippen LogP contribution in [0.1, 0.15) is 0 Å². The van der Waals surface area contributed by atoms with E-state index in [4.69, 9.17) is 23.2 Å². The predicted octanol–water partition coefficient (Wildman–Crippen LogP) is 0.560. The lowest BCUT2D eigenvalue weighted by atomic mass is 10.7. The zero-order valence-corrected chi connectivity index (χ0v) is 7.58. The smallest absolute Gasteiger partial charge is 0.0361 e. The first-order valence-electron chi connectivity index (χ1n) is 2.68. The number of hydrogen-bond acceptors (Lipinski definition) is 2. The summed E-state index contributed by atoms with van der Waals surface area (Å²) in [4.78, 5) is 0. The van der Waals surface area contributed by atoms with E-state index < -0.39 is 11.3 Å². The molecule has 0 radical (unpaired) electrons. The molecule has 0 spiro atoms. The normalized spacial score (nSPS) is 14.0. The highest BCUT2D eigenvalue weighted by molar-refractivity contribution is 7.76. The van der Waals surface area contributed by atoms with E-state index in [0.717, 1.165) is 0 Å². The van der Waals surface area contributed by atoms with Crippen molar-refractivity contribution in [2.45, 2.75) is 0 Å². The van der Waals surface area contributed by atoms with E-state index in [-0.39, 0.29) is 0 Å². The lowest BCUT2D eigenvalue weighted by molar-refractivity contribution is 0.417. The highest BCUT2D eigenvalue weighted by Gasteiger charge is 2.01. The Morgan fingerprint density at radius 1 is 1.30 bits per heavy atom. The molecule has 0 saturated heterocycles. The Bertz CT molecular complexity index is 107. The standard InChI is InChI=1S/C4H9Cl2NO2S/c5-1-3-7(4-2-6)10(8)9/h1-4H2,(H,8,9)/p-1. The highest BCUT2D eigenvalue weighted by atomic mass is 35.5. The van der Waals surface area contributed by atoms with Gasteiger partial charge in [-0.05, 0) is 0 Å². The van der Waals surface area contributed by atoms with Crippen LogP contribution in [0.4, 0.5) is 0 Å². The van der Waals surface area contributed by atoms with Gasteiger partial charge in [0.05, 0.1) is 0 Å². The number of rotatable bonds is 5. The summed E-state index contributed by atoms with van der Waals surface area (Å²) in [5, 5.41) is 0. The Hall–Kier alpha value is 0.650. The minimum Gasteiger partial charge on any atom is -0.760 e. The van der Waals surface area contributed by atoms with Gasteiger partial charge in [-0.25, -0.2) is 4.31 Å². The first-order valence-corrected chi connectivity index (χ1v) is 4.78. The molecule has 0 aliphatic heterocycles. The molecule has 0 saturated carbocycles. The fraction of sp³-hybridized carbons (Fsp3) is 1.00. The van der Waals surface area contributed by atoms with Crippen LogP contribution in [-0.4, -0.2) is 37.9 Å². The van der Waals surface area contributed by atoms with Crippen LogP contribution in [0.25, 0.3) is 0 Å². The molecule has 10 heavy (non-hydrogen) atoms. The lowest BCUT2D eigenvalue weighted by Gasteiger charge is -2.21. The minimum atomic E-state index is -2.19. The largest absolute Gasteiger partial charge is 0.760 e. The number of nitrogens with zero attached hydrogens (tertiary/aromatic N) is 1. The van der Waals surface area contributed by atoms with Crippen LogP contribution in [-0.2, 0) is 11.3 Å². The third-order valence-electron chi connectivity index (χ3n) is 0.879. The van der Waals surface area contributed by atoms with Crippen LogP contribution in [0.5, 0.6) is 0 Å². The van der Waals surface area contributed by atoms with E-state index in [1.807, 2.05) is 0 Å². The van der Waals surface area contributed by atoms with Gasteiger partial charge in [0.25, 0.3) is 0 Å². The van der Waals surface area contributed by atoms with Gasteiger partial charge < -0.3 is 4.55 Å². The molecule has 0 bridgehead atoms. The number of hydrogen-bond donors (Lipinski definition) is 0. The second kappa shape index (κ2) is 6.37. The van der Waals surface area contributed by atoms with Gasteiger partial charge in [-0.15, -0.1) is 23.2 Å². The summed E-state index contributed by atoms with van der Waals surface area (Å²) in [7, 11) is 0. The van der Waals surface area contributed by atoms with Crippen LogP contribution < -0.4 is 0 Å². The van der Waals surface area contributed by atoms with Crippen LogP contribution in [0.15, 0.2) is 0 Å². The molecule has 3 nitrogen and oxygen atoms in total. The second-order valence-corrected chi connectivity index (χ2v) is 3.23. The van der Waals surface area contributed by atoms with Crippen molar-refractivity contribution in [3.05, 3.63) is 0 Å². The molecule has 0 aromatic rings. The maximum Gasteiger partial charge on any atom is 0.0361 e. The van der Waals surface area contributed by atoms with Crippen molar-refractivity contribution >= 4 is 34.5 Å². The fourth-order valence-electron chi connectivity index (χ4n) is 0.449. The van der Waals surface area contributed by atoms with Crippen molar-refractivity contribution in [1.82, 2.24) is 4.31 Å². The van der Waals surface area contributed by atoms with Gasteiger partial charge in [-0.2, -0.15) is 0 Å². The van der Waals surface area contributed by atoms with Crippen molar-refractivity contribution in [3.63, 3.8) is 0 Å². The van der Waals surface area contributed by atoms with E-state index >= 15 is 0 Å². The number of halogens is 2. The molecular weight excluding hydrogens is 197 g/mol. The van der Waals surface area contributed by atoms with Crippen molar-refractivity contribution in [1.29, 1.82) is 0 Å². The molecule has 0 rings (SSSR count). The van der Waals surface area contributed by atoms with Crippen molar-refractivity contribution in [3.8, 4) is 0 Å². The zero-order chi connectivity index (χ0) is 7.98. The molecule has 6 heteroatoms. The monoisotopic (exact) mass is 204 g/mol. The Kier molecular flexibility index (Phi) is 6.78. The molecule has 0 aliphatic carbocycles. The molecule has 62 valence electrons. The van der Waals surface area contributed by atoms with Crippen molar-refractivity contribution < 1.29 is 8.76 Å². The molecule has 0 fully saturated rings. The summed E-state index contributed by atoms with van der Waals surface area (Å²) in [6, 6.07) is 0. The third kappa shape index (κ3) is 4.46. The van der Waals surface area contributed by atoms with Crippen LogP contribution in [0.2, 0.25) is 0 Å². The lowest BCUT2D eigenvalue weighted by Crippen LogP contribution is -2.29. The van der Waals surface area contributed by atoms with Gasteiger partial charge >= 0.3 is 0 Å². The first kappa shape index (κ1) is 10.7. The predicted molar refractivity (Wildman–Crippen MR) is 41.9 cm³/mol. The second-order valence-electron chi connectivity index (χ2n) is 1.52. The summed E-state index contributed by atoms with van der Waals surface area (Å²) in [6.45, 7) is 0.648. The van der Waals surface area contributed by atoms with Gasteiger partial charge in [0, 0.05) is 36.1 Å². The van der Waals surface area contributed by atoms with Gasteiger partial charge in [0.2, 0.25) is 0 Å². The van der Waals surface area contributed by atoms with E-state index in [1.165, 1.54) is 4.31 Å². The average molecular weight is 205 g/mol. The van der Waals surface area contributed by atoms with Crippen LogP contribution in [0, 0.1) is 0 Å². The molecule has 1 atom stereocenters. The maximum atomic E-state index is 10.3. The maximum absolute atomic E-state index is 10.3. The van der Waals surface area contributed by atoms with Crippen LogP contribution >= 0.6 is 23.2 Å². The van der Waals surface area contributed by atoms with Crippen molar-refractivity contribution in [2.24, 2.45) is 0 Å². The Morgan fingerprint density at radius 3 is 1.90 bits per heavy atom. The van der Waals surface area contributed by atoms with E-state index in [1.54, 1.807) is 0 Å². The van der Waals surface area contributed by atoms with E-state index in [2.05, 4.69) is 0 Å². The highest BCUT2D eigenvalue weighted by Crippen LogP contribution is 1.93. The summed E-state index contributed by atoms with van der Waals surface area (Å²) >= 11 is 8.45. The van der Waals surface area contributed by atoms with Crippen LogP contribution in [0.3, 0.4) is 0 Å². The third-order valence-corrected chi connectivity index (χ3v) is 2.00. The molecule has 0 heterocycles. The molecular formula is C4H8Cl2NO2S-. The number of alkyl halides is 2. The van der Waals surface area contributed by atoms with E-state index in [9.17, 15) is 8.76 Å². The molecule has 0 aliphatic rings. The Labute approximate surface area is 72.7 Å². The quantitative estimate of drug-likeness (QED) is 0.486. The topological polar surface area (TPSA) is 43.4 Å². The van der Waals surface area contributed by atoms with Crippen molar-refractivity contribution in [2.75, 3.05) is 24.8 Å². The first-order chi connectivity index (χ1) is 4.72. The summed E-state index contributed by atoms with van der Waals surface area (Å²) in [5.41, 5.74) is 0. The fourth-order valence-corrected chi connectivity index (χ4v) is 1.54. The minimum absolute atomic E-state index is 0.296. The van der Waals surface area contributed by atoms with E-state index in [0.29, 0.717) is 24.8 Å². The average Bonchev–Trinajstić information content (AvgIpc) is 1.87. The van der Waals surface area contributed by atoms with Gasteiger partial charge in [-0.1, -0.05) is 0 Å². The Morgan fingerprint density at radius 2 is 1.70 bits per heavy atom. The SMILES string of the molecule is O=S([O-])N(CCCl)CCCl. The molecule has 0 amide bonds. The van der Waals surface area contributed by atoms with Gasteiger partial charge in [-0.3, -0.25) is 4.21 Å². The molecule has 0 aromatic carbocycles. The molecule has 1 unspecified atom stereocenters. The van der Waals surface area contributed by atoms with Gasteiger partial charge in [0.15, 0.2) is 0 Å². The van der Waals surface area contributed by atoms with Gasteiger partial charge in [0.1, 0.15) is 0 Å².